The molecule has 1 aromatic carbocycles. The second kappa shape index (κ2) is 6.53. The highest BCUT2D eigenvalue weighted by Gasteiger charge is 2.14. The quantitative estimate of drug-likeness (QED) is 0.906. The Bertz CT molecular complexity index is 666. The fourth-order valence-corrected chi connectivity index (χ4v) is 2.93. The van der Waals surface area contributed by atoms with E-state index in [-0.39, 0.29) is 0 Å². The number of nitrogens with one attached hydrogen (secondary N) is 1. The lowest BCUT2D eigenvalue weighted by Crippen LogP contribution is -2.30. The van der Waals surface area contributed by atoms with Gasteiger partial charge in [-0.05, 0) is 50.8 Å². The van der Waals surface area contributed by atoms with E-state index in [1.54, 1.807) is 0 Å². The molecular formula is C17H21ClN4. The van der Waals surface area contributed by atoms with Crippen LogP contribution in [0, 0.1) is 13.8 Å². The van der Waals surface area contributed by atoms with E-state index in [1.165, 1.54) is 19.3 Å². The number of aryl methyl sites for hydroxylation is 1. The smallest absolute Gasteiger partial charge is 0.229 e. The molecule has 1 fully saturated rings. The average Bonchev–Trinajstić information content (AvgIpc) is 2.52. The highest BCUT2D eigenvalue weighted by Crippen LogP contribution is 2.26. The van der Waals surface area contributed by atoms with Gasteiger partial charge in [0.05, 0.1) is 0 Å². The maximum absolute atomic E-state index is 6.18. The molecule has 22 heavy (non-hydrogen) atoms. The summed E-state index contributed by atoms with van der Waals surface area (Å²) in [5, 5.41) is 4.04. The largest absolute Gasteiger partial charge is 0.356 e. The highest BCUT2D eigenvalue weighted by atomic mass is 35.5. The number of piperidine rings is 1. The molecule has 3 rings (SSSR count). The van der Waals surface area contributed by atoms with Gasteiger partial charge in [0.25, 0.3) is 0 Å². The summed E-state index contributed by atoms with van der Waals surface area (Å²) < 4.78 is 0. The molecule has 1 aliphatic rings. The van der Waals surface area contributed by atoms with E-state index in [0.29, 0.717) is 5.95 Å². The van der Waals surface area contributed by atoms with E-state index < -0.39 is 0 Å². The summed E-state index contributed by atoms with van der Waals surface area (Å²) >= 11 is 6.18. The molecule has 1 saturated heterocycles. The minimum absolute atomic E-state index is 0.631. The van der Waals surface area contributed by atoms with Crippen LogP contribution < -0.4 is 10.2 Å². The highest BCUT2D eigenvalue weighted by molar-refractivity contribution is 6.31. The van der Waals surface area contributed by atoms with Gasteiger partial charge in [-0.25, -0.2) is 4.98 Å². The minimum Gasteiger partial charge on any atom is -0.356 e. The molecule has 0 bridgehead atoms. The lowest BCUT2D eigenvalue weighted by molar-refractivity contribution is 0.573. The molecule has 116 valence electrons. The summed E-state index contributed by atoms with van der Waals surface area (Å²) in [4.78, 5) is 11.5. The number of benzene rings is 1. The molecule has 1 aliphatic heterocycles. The normalized spacial score (nSPS) is 15.0. The van der Waals surface area contributed by atoms with E-state index in [1.807, 2.05) is 32.0 Å². The predicted molar refractivity (Wildman–Crippen MR) is 92.3 cm³/mol. The Kier molecular flexibility index (Phi) is 4.48. The third-order valence-corrected chi connectivity index (χ3v) is 4.44. The van der Waals surface area contributed by atoms with Gasteiger partial charge in [-0.15, -0.1) is 0 Å². The van der Waals surface area contributed by atoms with Gasteiger partial charge in [-0.1, -0.05) is 17.7 Å². The van der Waals surface area contributed by atoms with Crippen molar-refractivity contribution in [1.82, 2.24) is 9.97 Å². The van der Waals surface area contributed by atoms with Gasteiger partial charge < -0.3 is 10.2 Å². The second-order valence-corrected chi connectivity index (χ2v) is 6.18. The Balaban J connectivity index is 1.87. The van der Waals surface area contributed by atoms with Crippen LogP contribution in [0.15, 0.2) is 24.3 Å². The van der Waals surface area contributed by atoms with Gasteiger partial charge in [-0.3, -0.25) is 0 Å². The zero-order chi connectivity index (χ0) is 15.5. The van der Waals surface area contributed by atoms with Crippen LogP contribution in [0.3, 0.4) is 0 Å². The number of halogens is 1. The van der Waals surface area contributed by atoms with E-state index >= 15 is 0 Å². The van der Waals surface area contributed by atoms with Crippen molar-refractivity contribution in [3.63, 3.8) is 0 Å². The SMILES string of the molecule is Cc1cc(N2CCCCC2)nc(Nc2cccc(Cl)c2C)n1. The van der Waals surface area contributed by atoms with Crippen molar-refractivity contribution in [2.75, 3.05) is 23.3 Å². The minimum atomic E-state index is 0.631. The molecule has 1 aromatic heterocycles. The summed E-state index contributed by atoms with van der Waals surface area (Å²) in [6, 6.07) is 7.87. The zero-order valence-corrected chi connectivity index (χ0v) is 13.8. The van der Waals surface area contributed by atoms with Crippen molar-refractivity contribution in [1.29, 1.82) is 0 Å². The number of nitrogens with zero attached hydrogens (tertiary/aromatic N) is 3. The summed E-state index contributed by atoms with van der Waals surface area (Å²) in [5.74, 6) is 1.64. The molecule has 5 heteroatoms. The van der Waals surface area contributed by atoms with Gasteiger partial charge in [-0.2, -0.15) is 4.98 Å². The molecule has 4 nitrogen and oxygen atoms in total. The van der Waals surface area contributed by atoms with Crippen LogP contribution in [0.1, 0.15) is 30.5 Å². The second-order valence-electron chi connectivity index (χ2n) is 5.78. The molecule has 2 heterocycles. The summed E-state index contributed by atoms with van der Waals surface area (Å²) in [5.41, 5.74) is 2.93. The molecule has 0 spiro atoms. The van der Waals surface area contributed by atoms with Crippen LogP contribution in [-0.2, 0) is 0 Å². The van der Waals surface area contributed by atoms with E-state index in [0.717, 1.165) is 40.9 Å². The van der Waals surface area contributed by atoms with Crippen molar-refractivity contribution in [3.8, 4) is 0 Å². The number of aromatic nitrogens is 2. The standard InChI is InChI=1S/C17H21ClN4/c1-12-11-16(22-9-4-3-5-10-22)21-17(19-12)20-15-8-6-7-14(18)13(15)2/h6-8,11H,3-5,9-10H2,1-2H3,(H,19,20,21). The number of hydrogen-bond donors (Lipinski definition) is 1. The van der Waals surface area contributed by atoms with Crippen LogP contribution in [0.4, 0.5) is 17.5 Å². The third-order valence-electron chi connectivity index (χ3n) is 4.03. The van der Waals surface area contributed by atoms with Crippen molar-refractivity contribution < 1.29 is 0 Å². The first-order chi connectivity index (χ1) is 10.6. The zero-order valence-electron chi connectivity index (χ0n) is 13.1. The number of rotatable bonds is 3. The lowest BCUT2D eigenvalue weighted by atomic mass is 10.1. The van der Waals surface area contributed by atoms with Crippen LogP contribution in [0.2, 0.25) is 5.02 Å². The van der Waals surface area contributed by atoms with Crippen LogP contribution in [0.5, 0.6) is 0 Å². The molecular weight excluding hydrogens is 296 g/mol. The maximum atomic E-state index is 6.18. The first-order valence-electron chi connectivity index (χ1n) is 7.76. The van der Waals surface area contributed by atoms with Gasteiger partial charge in [0.15, 0.2) is 0 Å². The summed E-state index contributed by atoms with van der Waals surface area (Å²) in [6.45, 7) is 6.15. The summed E-state index contributed by atoms with van der Waals surface area (Å²) in [7, 11) is 0. The number of anilines is 3. The first kappa shape index (κ1) is 15.1. The molecule has 0 aliphatic carbocycles. The Morgan fingerprint density at radius 2 is 1.86 bits per heavy atom. The molecule has 0 atom stereocenters. The lowest BCUT2D eigenvalue weighted by Gasteiger charge is -2.28. The van der Waals surface area contributed by atoms with Crippen LogP contribution in [0.25, 0.3) is 0 Å². The summed E-state index contributed by atoms with van der Waals surface area (Å²) in [6.07, 6.45) is 3.78. The fourth-order valence-electron chi connectivity index (χ4n) is 2.76. The number of hydrogen-bond acceptors (Lipinski definition) is 4. The Hall–Kier alpha value is -1.81. The van der Waals surface area contributed by atoms with Crippen LogP contribution >= 0.6 is 11.6 Å². The van der Waals surface area contributed by atoms with E-state index in [9.17, 15) is 0 Å². The van der Waals surface area contributed by atoms with Gasteiger partial charge >= 0.3 is 0 Å². The topological polar surface area (TPSA) is 41.1 Å². The Morgan fingerprint density at radius 1 is 1.09 bits per heavy atom. The Labute approximate surface area is 136 Å². The monoisotopic (exact) mass is 316 g/mol. The van der Waals surface area contributed by atoms with Crippen molar-refractivity contribution in [2.24, 2.45) is 0 Å². The van der Waals surface area contributed by atoms with Gasteiger partial charge in [0.1, 0.15) is 5.82 Å². The fraction of sp³-hybridized carbons (Fsp3) is 0.412. The van der Waals surface area contributed by atoms with E-state index in [4.69, 9.17) is 11.6 Å². The molecule has 1 N–H and O–H groups in total. The van der Waals surface area contributed by atoms with Crippen molar-refractivity contribution >= 4 is 29.1 Å². The molecule has 0 unspecified atom stereocenters. The third kappa shape index (κ3) is 3.33. The van der Waals surface area contributed by atoms with Crippen LogP contribution in [-0.4, -0.2) is 23.1 Å². The first-order valence-corrected chi connectivity index (χ1v) is 8.14. The Morgan fingerprint density at radius 3 is 2.64 bits per heavy atom. The molecule has 2 aromatic rings. The predicted octanol–water partition coefficient (Wildman–Crippen LogP) is 4.48. The maximum Gasteiger partial charge on any atom is 0.229 e. The van der Waals surface area contributed by atoms with E-state index in [2.05, 4.69) is 26.3 Å². The van der Waals surface area contributed by atoms with Gasteiger partial charge in [0, 0.05) is 35.6 Å². The van der Waals surface area contributed by atoms with Crippen molar-refractivity contribution in [2.45, 2.75) is 33.1 Å². The average molecular weight is 317 g/mol. The molecule has 0 radical (unpaired) electrons. The molecule has 0 amide bonds. The van der Waals surface area contributed by atoms with Gasteiger partial charge in [0.2, 0.25) is 5.95 Å². The van der Waals surface area contributed by atoms with Crippen molar-refractivity contribution in [3.05, 3.63) is 40.5 Å². The molecule has 0 saturated carbocycles.